The van der Waals surface area contributed by atoms with Gasteiger partial charge in [-0.05, 0) is 41.8 Å². The van der Waals surface area contributed by atoms with Crippen molar-refractivity contribution < 1.29 is 0 Å². The molecule has 6 aromatic carbocycles. The summed E-state index contributed by atoms with van der Waals surface area (Å²) in [5.41, 5.74) is 6.19. The van der Waals surface area contributed by atoms with Gasteiger partial charge >= 0.3 is 0 Å². The van der Waals surface area contributed by atoms with Gasteiger partial charge in [0.1, 0.15) is 5.00 Å². The first-order valence-corrected chi connectivity index (χ1v) is 14.1. The molecule has 0 amide bonds. The molecule has 9 rings (SSSR count). The highest BCUT2D eigenvalue weighted by Gasteiger charge is 2.20. The summed E-state index contributed by atoms with van der Waals surface area (Å²) in [6.07, 6.45) is 0. The van der Waals surface area contributed by atoms with E-state index < -0.39 is 0 Å². The fourth-order valence-corrected chi connectivity index (χ4v) is 7.56. The van der Waals surface area contributed by atoms with Gasteiger partial charge in [0.2, 0.25) is 0 Å². The highest BCUT2D eigenvalue weighted by atomic mass is 32.1. The van der Waals surface area contributed by atoms with Crippen molar-refractivity contribution in [2.75, 3.05) is 0 Å². The third-order valence-corrected chi connectivity index (χ3v) is 9.21. The largest absolute Gasteiger partial charge is 0.309 e. The van der Waals surface area contributed by atoms with Gasteiger partial charge in [-0.2, -0.15) is 0 Å². The Morgan fingerprint density at radius 1 is 0.410 bits per heavy atom. The Kier molecular flexibility index (Phi) is 4.24. The third-order valence-electron chi connectivity index (χ3n) is 8.11. The highest BCUT2D eigenvalue weighted by Crippen LogP contribution is 2.43. The summed E-state index contributed by atoms with van der Waals surface area (Å²) in [4.78, 5) is 0. The number of hydrogen-bond acceptors (Lipinski definition) is 1. The lowest BCUT2D eigenvalue weighted by molar-refractivity contribution is 1.19. The van der Waals surface area contributed by atoms with E-state index in [1.807, 2.05) is 11.3 Å². The predicted octanol–water partition coefficient (Wildman–Crippen LogP) is 10.2. The molecule has 3 heterocycles. The van der Waals surface area contributed by atoms with Crippen molar-refractivity contribution in [3.8, 4) is 10.7 Å². The maximum atomic E-state index is 2.49. The van der Waals surface area contributed by atoms with Crippen LogP contribution >= 0.6 is 11.3 Å². The molecule has 2 nitrogen and oxygen atoms in total. The van der Waals surface area contributed by atoms with Crippen LogP contribution in [0.3, 0.4) is 0 Å². The Morgan fingerprint density at radius 3 is 1.59 bits per heavy atom. The van der Waals surface area contributed by atoms with Crippen LogP contribution in [0.15, 0.2) is 133 Å². The van der Waals surface area contributed by atoms with E-state index in [9.17, 15) is 0 Å². The zero-order chi connectivity index (χ0) is 25.5. The van der Waals surface area contributed by atoms with Gasteiger partial charge in [0, 0.05) is 42.7 Å². The van der Waals surface area contributed by atoms with Crippen LogP contribution in [0, 0.1) is 0 Å². The molecule has 182 valence electrons. The summed E-state index contributed by atoms with van der Waals surface area (Å²) in [7, 11) is 0. The number of aromatic nitrogens is 2. The summed E-state index contributed by atoms with van der Waals surface area (Å²) < 4.78 is 6.23. The van der Waals surface area contributed by atoms with Gasteiger partial charge in [-0.3, -0.25) is 4.57 Å². The van der Waals surface area contributed by atoms with Gasteiger partial charge in [-0.1, -0.05) is 97.1 Å². The maximum Gasteiger partial charge on any atom is 0.101 e. The molecule has 0 spiro atoms. The van der Waals surface area contributed by atoms with Crippen LogP contribution in [0.25, 0.3) is 75.2 Å². The molecular weight excluding hydrogens is 492 g/mol. The third kappa shape index (κ3) is 2.85. The fraction of sp³-hybridized carbons (Fsp3) is 0. The monoisotopic (exact) mass is 514 g/mol. The Hall–Kier alpha value is -4.86. The minimum atomic E-state index is 1.18. The van der Waals surface area contributed by atoms with Crippen LogP contribution in [0.4, 0.5) is 0 Å². The molecule has 0 aliphatic rings. The van der Waals surface area contributed by atoms with Gasteiger partial charge < -0.3 is 4.57 Å². The molecule has 0 aliphatic carbocycles. The summed E-state index contributed by atoms with van der Waals surface area (Å²) in [6.45, 7) is 0. The zero-order valence-corrected chi connectivity index (χ0v) is 21.8. The fourth-order valence-electron chi connectivity index (χ4n) is 6.48. The second kappa shape index (κ2) is 7.83. The van der Waals surface area contributed by atoms with Gasteiger partial charge in [0.05, 0.1) is 22.1 Å². The average Bonchev–Trinajstić information content (AvgIpc) is 3.67. The number of thiophene rings is 1. The summed E-state index contributed by atoms with van der Waals surface area (Å²) in [5.74, 6) is 0. The molecule has 3 heteroatoms. The lowest BCUT2D eigenvalue weighted by atomic mass is 10.0. The van der Waals surface area contributed by atoms with E-state index in [2.05, 4.69) is 143 Å². The van der Waals surface area contributed by atoms with Crippen molar-refractivity contribution in [2.45, 2.75) is 0 Å². The minimum absolute atomic E-state index is 1.18. The van der Waals surface area contributed by atoms with Crippen LogP contribution < -0.4 is 0 Å². The first kappa shape index (κ1) is 21.1. The predicted molar refractivity (Wildman–Crippen MR) is 168 cm³/mol. The van der Waals surface area contributed by atoms with E-state index >= 15 is 0 Å². The van der Waals surface area contributed by atoms with E-state index in [4.69, 9.17) is 0 Å². The molecule has 9 aromatic rings. The number of hydrogen-bond donors (Lipinski definition) is 0. The average molecular weight is 515 g/mol. The Labute approximate surface area is 228 Å². The summed E-state index contributed by atoms with van der Waals surface area (Å²) >= 11 is 1.86. The molecule has 0 unspecified atom stereocenters. The van der Waals surface area contributed by atoms with Crippen LogP contribution in [-0.2, 0) is 0 Å². The van der Waals surface area contributed by atoms with Crippen molar-refractivity contribution in [1.82, 2.24) is 9.13 Å². The molecular formula is C36H22N2S. The quantitative estimate of drug-likeness (QED) is 0.217. The van der Waals surface area contributed by atoms with Gasteiger partial charge in [0.25, 0.3) is 0 Å². The topological polar surface area (TPSA) is 9.86 Å². The standard InChI is InChI=1S/C36H22N2S/c1-2-11-24(12-3-1)37-31-15-7-5-13-25(31)27-18-21-30-29(35(27)37)20-19-28-26-14-6-8-16-32(26)38(36(28)30)34-22-23-10-4-9-17-33(23)39-34/h1-22H. The van der Waals surface area contributed by atoms with Crippen LogP contribution in [0.5, 0.6) is 0 Å². The van der Waals surface area contributed by atoms with Crippen LogP contribution in [0.2, 0.25) is 0 Å². The number of rotatable bonds is 2. The number of para-hydroxylation sites is 3. The van der Waals surface area contributed by atoms with Gasteiger partial charge in [-0.25, -0.2) is 0 Å². The lowest BCUT2D eigenvalue weighted by Crippen LogP contribution is -1.95. The first-order chi connectivity index (χ1) is 19.4. The molecule has 3 aromatic heterocycles. The molecule has 0 atom stereocenters. The highest BCUT2D eigenvalue weighted by molar-refractivity contribution is 7.21. The number of benzene rings is 6. The van der Waals surface area contributed by atoms with Crippen molar-refractivity contribution in [2.24, 2.45) is 0 Å². The molecule has 0 radical (unpaired) electrons. The van der Waals surface area contributed by atoms with E-state index in [1.165, 1.54) is 75.2 Å². The first-order valence-electron chi connectivity index (χ1n) is 13.3. The second-order valence-electron chi connectivity index (χ2n) is 10.2. The zero-order valence-electron chi connectivity index (χ0n) is 21.0. The Balaban J connectivity index is 1.50. The van der Waals surface area contributed by atoms with Crippen molar-refractivity contribution in [3.63, 3.8) is 0 Å². The molecule has 0 bridgehead atoms. The minimum Gasteiger partial charge on any atom is -0.309 e. The van der Waals surface area contributed by atoms with Gasteiger partial charge in [-0.15, -0.1) is 11.3 Å². The molecule has 0 aliphatic heterocycles. The Bertz CT molecular complexity index is 2350. The van der Waals surface area contributed by atoms with E-state index in [1.54, 1.807) is 0 Å². The number of nitrogens with zero attached hydrogens (tertiary/aromatic N) is 2. The molecule has 0 N–H and O–H groups in total. The van der Waals surface area contributed by atoms with Crippen LogP contribution in [-0.4, -0.2) is 9.13 Å². The molecule has 0 saturated heterocycles. The van der Waals surface area contributed by atoms with Crippen molar-refractivity contribution in [1.29, 1.82) is 0 Å². The summed E-state index contributed by atoms with van der Waals surface area (Å²) in [6, 6.07) is 48.7. The van der Waals surface area contributed by atoms with E-state index in [0.717, 1.165) is 0 Å². The normalized spacial score (nSPS) is 12.1. The van der Waals surface area contributed by atoms with Crippen LogP contribution in [0.1, 0.15) is 0 Å². The maximum absolute atomic E-state index is 2.49. The van der Waals surface area contributed by atoms with Gasteiger partial charge in [0.15, 0.2) is 0 Å². The molecule has 0 fully saturated rings. The smallest absolute Gasteiger partial charge is 0.101 e. The van der Waals surface area contributed by atoms with E-state index in [-0.39, 0.29) is 0 Å². The second-order valence-corrected chi connectivity index (χ2v) is 11.2. The lowest BCUT2D eigenvalue weighted by Gasteiger charge is -2.11. The van der Waals surface area contributed by atoms with Crippen molar-refractivity contribution >= 4 is 75.8 Å². The van der Waals surface area contributed by atoms with E-state index in [0.29, 0.717) is 0 Å². The SMILES string of the molecule is c1ccc(-n2c3ccccc3c3ccc4c(ccc5c6ccccc6n(-c6cc7ccccc7s6)c54)c32)cc1. The Morgan fingerprint density at radius 2 is 0.923 bits per heavy atom. The summed E-state index contributed by atoms with van der Waals surface area (Å²) in [5, 5.41) is 10.2. The number of fused-ring (bicyclic) bond motifs is 10. The van der Waals surface area contributed by atoms with Crippen molar-refractivity contribution in [3.05, 3.63) is 133 Å². The molecule has 0 saturated carbocycles. The molecule has 39 heavy (non-hydrogen) atoms.